The lowest BCUT2D eigenvalue weighted by molar-refractivity contribution is -0.120. The highest BCUT2D eigenvalue weighted by Crippen LogP contribution is 2.29. The zero-order valence-corrected chi connectivity index (χ0v) is 21.6. The Morgan fingerprint density at radius 1 is 1.03 bits per heavy atom. The molecule has 1 atom stereocenters. The maximum absolute atomic E-state index is 13.1. The van der Waals surface area contributed by atoms with E-state index in [0.29, 0.717) is 42.0 Å². The SMILES string of the molecule is O=C(NCc1ccco1)c1ccccc1NC(=O)[C@H]1CCCN(S(=O)(=O)Cc2c(Cl)cccc2Cl)C1. The number of nitrogens with one attached hydrogen (secondary N) is 2. The van der Waals surface area contributed by atoms with Crippen molar-refractivity contribution in [3.05, 3.63) is 87.8 Å². The van der Waals surface area contributed by atoms with Crippen LogP contribution in [0.25, 0.3) is 0 Å². The van der Waals surface area contributed by atoms with E-state index in [4.69, 9.17) is 27.6 Å². The first-order valence-corrected chi connectivity index (χ1v) is 13.7. The summed E-state index contributed by atoms with van der Waals surface area (Å²) in [5.74, 6) is -1.04. The van der Waals surface area contributed by atoms with Gasteiger partial charge in [0.05, 0.1) is 35.7 Å². The van der Waals surface area contributed by atoms with Gasteiger partial charge in [0, 0.05) is 28.7 Å². The van der Waals surface area contributed by atoms with Gasteiger partial charge in [-0.2, -0.15) is 0 Å². The molecule has 1 aliphatic rings. The van der Waals surface area contributed by atoms with Gasteiger partial charge in [-0.3, -0.25) is 9.59 Å². The first-order valence-electron chi connectivity index (χ1n) is 11.4. The smallest absolute Gasteiger partial charge is 0.253 e. The number of benzene rings is 2. The van der Waals surface area contributed by atoms with Crippen molar-refractivity contribution in [3.8, 4) is 0 Å². The number of nitrogens with zero attached hydrogens (tertiary/aromatic N) is 1. The Balaban J connectivity index is 1.42. The van der Waals surface area contributed by atoms with Gasteiger partial charge in [0.2, 0.25) is 15.9 Å². The summed E-state index contributed by atoms with van der Waals surface area (Å²) in [6, 6.07) is 15.0. The molecule has 0 unspecified atom stereocenters. The van der Waals surface area contributed by atoms with E-state index >= 15 is 0 Å². The quantitative estimate of drug-likeness (QED) is 0.423. The Morgan fingerprint density at radius 2 is 1.78 bits per heavy atom. The van der Waals surface area contributed by atoms with Crippen LogP contribution in [0.5, 0.6) is 0 Å². The van der Waals surface area contributed by atoms with E-state index in [1.807, 2.05) is 0 Å². The number of amides is 2. The molecule has 2 N–H and O–H groups in total. The van der Waals surface area contributed by atoms with E-state index in [9.17, 15) is 18.0 Å². The Morgan fingerprint density at radius 3 is 2.50 bits per heavy atom. The molecule has 1 aromatic heterocycles. The van der Waals surface area contributed by atoms with Gasteiger partial charge in [-0.05, 0) is 49.2 Å². The Bertz CT molecular complexity index is 1330. The van der Waals surface area contributed by atoms with Gasteiger partial charge in [0.25, 0.3) is 5.91 Å². The molecule has 190 valence electrons. The van der Waals surface area contributed by atoms with Crippen molar-refractivity contribution in [2.45, 2.75) is 25.1 Å². The minimum atomic E-state index is -3.76. The van der Waals surface area contributed by atoms with Crippen molar-refractivity contribution in [2.24, 2.45) is 5.92 Å². The lowest BCUT2D eigenvalue weighted by Crippen LogP contribution is -2.44. The highest BCUT2D eigenvalue weighted by atomic mass is 35.5. The summed E-state index contributed by atoms with van der Waals surface area (Å²) >= 11 is 12.3. The first kappa shape index (κ1) is 26.2. The van der Waals surface area contributed by atoms with Gasteiger partial charge in [-0.1, -0.05) is 41.4 Å². The monoisotopic (exact) mass is 549 g/mol. The van der Waals surface area contributed by atoms with E-state index in [1.54, 1.807) is 54.6 Å². The van der Waals surface area contributed by atoms with Crippen LogP contribution in [0.1, 0.15) is 34.5 Å². The molecule has 0 radical (unpaired) electrons. The van der Waals surface area contributed by atoms with Crippen LogP contribution in [-0.4, -0.2) is 37.6 Å². The van der Waals surface area contributed by atoms with E-state index in [0.717, 1.165) is 0 Å². The molecule has 2 heterocycles. The Labute approximate surface area is 219 Å². The van der Waals surface area contributed by atoms with Gasteiger partial charge in [0.1, 0.15) is 5.76 Å². The molecule has 2 aromatic carbocycles. The molecule has 1 fully saturated rings. The number of para-hydroxylation sites is 1. The number of piperidine rings is 1. The third-order valence-corrected chi connectivity index (χ3v) is 8.45. The van der Waals surface area contributed by atoms with Crippen LogP contribution < -0.4 is 10.6 Å². The molecule has 0 spiro atoms. The summed E-state index contributed by atoms with van der Waals surface area (Å²) in [6.07, 6.45) is 2.57. The van der Waals surface area contributed by atoms with Crippen LogP contribution in [0.2, 0.25) is 10.0 Å². The fourth-order valence-corrected chi connectivity index (χ4v) is 6.42. The second-order valence-corrected chi connectivity index (χ2v) is 11.2. The van der Waals surface area contributed by atoms with Gasteiger partial charge in [-0.15, -0.1) is 0 Å². The zero-order valence-electron chi connectivity index (χ0n) is 19.2. The maximum atomic E-state index is 13.1. The molecule has 8 nitrogen and oxygen atoms in total. The number of halogens is 2. The van der Waals surface area contributed by atoms with E-state index in [1.165, 1.54) is 10.6 Å². The number of hydrogen-bond acceptors (Lipinski definition) is 5. The summed E-state index contributed by atoms with van der Waals surface area (Å²) < 4.78 is 32.8. The third-order valence-electron chi connectivity index (χ3n) is 5.97. The molecule has 1 aliphatic heterocycles. The van der Waals surface area contributed by atoms with E-state index < -0.39 is 15.9 Å². The number of carbonyl (C=O) groups excluding carboxylic acids is 2. The summed E-state index contributed by atoms with van der Waals surface area (Å²) in [4.78, 5) is 25.8. The average molecular weight is 550 g/mol. The fraction of sp³-hybridized carbons (Fsp3) is 0.280. The van der Waals surface area contributed by atoms with Gasteiger partial charge < -0.3 is 15.1 Å². The number of furan rings is 1. The summed E-state index contributed by atoms with van der Waals surface area (Å²) in [5, 5.41) is 6.12. The summed E-state index contributed by atoms with van der Waals surface area (Å²) in [5.41, 5.74) is 0.982. The third kappa shape index (κ3) is 6.28. The topological polar surface area (TPSA) is 109 Å². The van der Waals surface area contributed by atoms with Crippen LogP contribution >= 0.6 is 23.2 Å². The molecule has 3 aromatic rings. The molecule has 1 saturated heterocycles. The van der Waals surface area contributed by atoms with Crippen LogP contribution in [-0.2, 0) is 27.1 Å². The lowest BCUT2D eigenvalue weighted by atomic mass is 9.98. The van der Waals surface area contributed by atoms with Crippen molar-refractivity contribution in [2.75, 3.05) is 18.4 Å². The Hall–Kier alpha value is -2.85. The molecular formula is C25H25Cl2N3O5S. The van der Waals surface area contributed by atoms with Gasteiger partial charge >= 0.3 is 0 Å². The molecule has 2 amide bonds. The van der Waals surface area contributed by atoms with Gasteiger partial charge in [0.15, 0.2) is 0 Å². The predicted octanol–water partition coefficient (Wildman–Crippen LogP) is 4.70. The molecule has 0 aliphatic carbocycles. The molecule has 11 heteroatoms. The first-order chi connectivity index (χ1) is 17.2. The Kier molecular flexibility index (Phi) is 8.35. The van der Waals surface area contributed by atoms with Crippen molar-refractivity contribution >= 4 is 50.7 Å². The number of hydrogen-bond donors (Lipinski definition) is 2. The molecule has 36 heavy (non-hydrogen) atoms. The molecular weight excluding hydrogens is 525 g/mol. The van der Waals surface area contributed by atoms with Crippen molar-refractivity contribution < 1.29 is 22.4 Å². The number of sulfonamides is 1. The van der Waals surface area contributed by atoms with Crippen LogP contribution in [0, 0.1) is 5.92 Å². The standard InChI is InChI=1S/C25H25Cl2N3O5S/c26-21-9-3-10-22(27)20(21)16-36(33,34)30-12-4-6-17(15-30)24(31)29-23-11-2-1-8-19(23)25(32)28-14-18-7-5-13-35-18/h1-3,5,7-11,13,17H,4,6,12,14-16H2,(H,28,32)(H,29,31)/t17-/m0/s1. The molecule has 4 rings (SSSR count). The molecule has 0 saturated carbocycles. The van der Waals surface area contributed by atoms with Crippen LogP contribution in [0.15, 0.2) is 65.3 Å². The maximum Gasteiger partial charge on any atom is 0.253 e. The average Bonchev–Trinajstić information content (AvgIpc) is 3.39. The fourth-order valence-electron chi connectivity index (χ4n) is 4.05. The zero-order chi connectivity index (χ0) is 25.7. The van der Waals surface area contributed by atoms with Crippen molar-refractivity contribution in [3.63, 3.8) is 0 Å². The number of anilines is 1. The molecule has 0 bridgehead atoms. The van der Waals surface area contributed by atoms with Crippen LogP contribution in [0.4, 0.5) is 5.69 Å². The predicted molar refractivity (Wildman–Crippen MR) is 138 cm³/mol. The largest absolute Gasteiger partial charge is 0.467 e. The second-order valence-electron chi connectivity index (χ2n) is 8.45. The summed E-state index contributed by atoms with van der Waals surface area (Å²) in [7, 11) is -3.76. The lowest BCUT2D eigenvalue weighted by Gasteiger charge is -2.31. The summed E-state index contributed by atoms with van der Waals surface area (Å²) in [6.45, 7) is 0.544. The highest BCUT2D eigenvalue weighted by molar-refractivity contribution is 7.88. The van der Waals surface area contributed by atoms with E-state index in [2.05, 4.69) is 10.6 Å². The van der Waals surface area contributed by atoms with E-state index in [-0.39, 0.29) is 40.7 Å². The van der Waals surface area contributed by atoms with Crippen molar-refractivity contribution in [1.29, 1.82) is 0 Å². The number of carbonyl (C=O) groups is 2. The highest BCUT2D eigenvalue weighted by Gasteiger charge is 2.33. The normalized spacial score (nSPS) is 16.4. The minimum Gasteiger partial charge on any atom is -0.467 e. The van der Waals surface area contributed by atoms with Gasteiger partial charge in [-0.25, -0.2) is 12.7 Å². The number of rotatable bonds is 8. The van der Waals surface area contributed by atoms with Crippen LogP contribution in [0.3, 0.4) is 0 Å². The second kappa shape index (κ2) is 11.5. The minimum absolute atomic E-state index is 0.0308. The van der Waals surface area contributed by atoms with Crippen molar-refractivity contribution in [1.82, 2.24) is 9.62 Å².